The molecule has 0 aliphatic heterocycles. The van der Waals surface area contributed by atoms with Gasteiger partial charge in [-0.25, -0.2) is 15.1 Å². The summed E-state index contributed by atoms with van der Waals surface area (Å²) in [6.07, 6.45) is 1.92. The highest BCUT2D eigenvalue weighted by Crippen LogP contribution is 2.30. The number of rotatable bonds is 10. The van der Waals surface area contributed by atoms with Gasteiger partial charge in [0.1, 0.15) is 23.9 Å². The fourth-order valence-electron chi connectivity index (χ4n) is 4.78. The summed E-state index contributed by atoms with van der Waals surface area (Å²) >= 11 is 0. The average Bonchev–Trinajstić information content (AvgIpc) is 3.52. The quantitative estimate of drug-likeness (QED) is 0.205. The zero-order valence-electron chi connectivity index (χ0n) is 21.2. The second-order valence-corrected chi connectivity index (χ2v) is 10.8. The van der Waals surface area contributed by atoms with Crippen molar-refractivity contribution in [3.8, 4) is 11.1 Å². The van der Waals surface area contributed by atoms with Gasteiger partial charge in [0, 0.05) is 18.3 Å². The van der Waals surface area contributed by atoms with Crippen molar-refractivity contribution in [3.63, 3.8) is 0 Å². The van der Waals surface area contributed by atoms with Crippen LogP contribution in [0.15, 0.2) is 79.4 Å². The molecule has 208 valence electrons. The van der Waals surface area contributed by atoms with Gasteiger partial charge in [-0.15, -0.1) is 0 Å². The summed E-state index contributed by atoms with van der Waals surface area (Å²) in [5, 5.41) is 33.2. The average molecular weight is 565 g/mol. The van der Waals surface area contributed by atoms with Crippen LogP contribution in [0.4, 0.5) is 5.82 Å². The summed E-state index contributed by atoms with van der Waals surface area (Å²) in [4.78, 5) is 21.5. The molecular weight excluding hydrogens is 536 g/mol. The van der Waals surface area contributed by atoms with Crippen LogP contribution in [0, 0.1) is 5.92 Å². The van der Waals surface area contributed by atoms with E-state index in [4.69, 9.17) is 5.14 Å². The largest absolute Gasteiger partial charge is 0.390 e. The predicted octanol–water partition coefficient (Wildman–Crippen LogP) is 1.36. The number of benzene rings is 2. The number of ketones is 1. The van der Waals surface area contributed by atoms with Gasteiger partial charge in [-0.1, -0.05) is 48.5 Å². The van der Waals surface area contributed by atoms with Crippen LogP contribution in [0.1, 0.15) is 28.0 Å². The minimum absolute atomic E-state index is 0.129. The fourth-order valence-corrected chi connectivity index (χ4v) is 5.14. The van der Waals surface area contributed by atoms with E-state index in [1.807, 2.05) is 48.5 Å². The van der Waals surface area contributed by atoms with E-state index in [0.29, 0.717) is 6.54 Å². The van der Waals surface area contributed by atoms with Gasteiger partial charge in [0.15, 0.2) is 0 Å². The van der Waals surface area contributed by atoms with Crippen LogP contribution in [0.25, 0.3) is 11.1 Å². The number of nitrogens with two attached hydrogens (primary N) is 1. The number of carbonyl (C=O) groups is 1. The van der Waals surface area contributed by atoms with Crippen molar-refractivity contribution in [1.82, 2.24) is 19.7 Å². The lowest BCUT2D eigenvalue weighted by molar-refractivity contribution is 0.00778. The Balaban J connectivity index is 1.29. The van der Waals surface area contributed by atoms with Crippen LogP contribution in [-0.2, 0) is 21.0 Å². The molecule has 0 spiro atoms. The van der Waals surface area contributed by atoms with Crippen molar-refractivity contribution in [2.24, 2.45) is 11.1 Å². The standard InChI is InChI=1S/C27H28N6O6S/c28-40(37,38)39-15-20-12-23(26(36)24(20)34)31-27-21(13-29-16-30-27)25(35)22-9-10-33(32-22)14-17-5-4-8-19(11-17)18-6-2-1-3-7-18/h1-11,13,16,20,23-24,26,34,36H,12,14-15H2,(H2,28,37,38)(H,29,30,31)/t20-,23-,24-,26+/m1/s1. The van der Waals surface area contributed by atoms with E-state index >= 15 is 0 Å². The maximum absolute atomic E-state index is 13.4. The van der Waals surface area contributed by atoms with E-state index in [-0.39, 0.29) is 23.5 Å². The number of aromatic nitrogens is 4. The summed E-state index contributed by atoms with van der Waals surface area (Å²) < 4.78 is 28.5. The van der Waals surface area contributed by atoms with Gasteiger partial charge in [0.25, 0.3) is 0 Å². The van der Waals surface area contributed by atoms with Crippen molar-refractivity contribution in [1.29, 1.82) is 0 Å². The minimum atomic E-state index is -4.20. The highest BCUT2D eigenvalue weighted by Gasteiger charge is 2.42. The number of nitrogens with zero attached hydrogens (tertiary/aromatic N) is 4. The third kappa shape index (κ3) is 6.41. The lowest BCUT2D eigenvalue weighted by Crippen LogP contribution is -2.36. The monoisotopic (exact) mass is 564 g/mol. The molecule has 0 radical (unpaired) electrons. The van der Waals surface area contributed by atoms with E-state index in [0.717, 1.165) is 16.7 Å². The Morgan fingerprint density at radius 3 is 2.62 bits per heavy atom. The number of anilines is 1. The Bertz CT molecular complexity index is 1600. The molecule has 1 fully saturated rings. The summed E-state index contributed by atoms with van der Waals surface area (Å²) in [7, 11) is -4.20. The Labute approximate surface area is 230 Å². The van der Waals surface area contributed by atoms with Gasteiger partial charge in [-0.2, -0.15) is 13.5 Å². The third-order valence-electron chi connectivity index (χ3n) is 6.78. The van der Waals surface area contributed by atoms with Crippen molar-refractivity contribution in [2.45, 2.75) is 31.2 Å². The van der Waals surface area contributed by atoms with Gasteiger partial charge in [-0.3, -0.25) is 13.7 Å². The van der Waals surface area contributed by atoms with Crippen molar-refractivity contribution in [2.75, 3.05) is 11.9 Å². The SMILES string of the molecule is NS(=O)(=O)OC[C@H]1C[C@@H](Nc2ncncc2C(=O)c2ccn(Cc3cccc(-c4ccccc4)c3)n2)[C@H](O)[C@@H]1O. The number of carbonyl (C=O) groups excluding carboxylic acids is 1. The molecule has 2 heterocycles. The lowest BCUT2D eigenvalue weighted by Gasteiger charge is -2.19. The number of aliphatic hydroxyl groups excluding tert-OH is 2. The molecule has 2 aromatic carbocycles. The molecule has 0 bridgehead atoms. The molecule has 12 nitrogen and oxygen atoms in total. The van der Waals surface area contributed by atoms with Gasteiger partial charge in [0.2, 0.25) is 5.78 Å². The third-order valence-corrected chi connectivity index (χ3v) is 7.24. The molecule has 40 heavy (non-hydrogen) atoms. The normalized spacial score (nSPS) is 20.9. The summed E-state index contributed by atoms with van der Waals surface area (Å²) in [5.41, 5.74) is 3.51. The van der Waals surface area contributed by atoms with Gasteiger partial charge < -0.3 is 15.5 Å². The smallest absolute Gasteiger partial charge is 0.333 e. The first-order chi connectivity index (χ1) is 19.2. The molecule has 1 aliphatic rings. The number of hydrogen-bond acceptors (Lipinski definition) is 10. The Morgan fingerprint density at radius 1 is 1.07 bits per heavy atom. The van der Waals surface area contributed by atoms with Crippen LogP contribution < -0.4 is 10.5 Å². The van der Waals surface area contributed by atoms with Gasteiger partial charge >= 0.3 is 10.3 Å². The highest BCUT2D eigenvalue weighted by molar-refractivity contribution is 7.84. The van der Waals surface area contributed by atoms with Crippen LogP contribution in [-0.4, -0.2) is 69.0 Å². The Morgan fingerprint density at radius 2 is 1.85 bits per heavy atom. The van der Waals surface area contributed by atoms with E-state index in [9.17, 15) is 23.4 Å². The maximum Gasteiger partial charge on any atom is 0.333 e. The molecule has 0 amide bonds. The number of aliphatic hydroxyl groups is 2. The van der Waals surface area contributed by atoms with Crippen LogP contribution >= 0.6 is 0 Å². The van der Waals surface area contributed by atoms with Crippen LogP contribution in [0.2, 0.25) is 0 Å². The Kier molecular flexibility index (Phi) is 8.00. The molecular formula is C27H28N6O6S. The molecule has 1 saturated carbocycles. The zero-order valence-corrected chi connectivity index (χ0v) is 22.1. The first kappa shape index (κ1) is 27.6. The number of nitrogens with one attached hydrogen (secondary N) is 1. The van der Waals surface area contributed by atoms with E-state index in [1.165, 1.54) is 12.5 Å². The highest BCUT2D eigenvalue weighted by atomic mass is 32.2. The molecule has 0 unspecified atom stereocenters. The molecule has 4 atom stereocenters. The summed E-state index contributed by atoms with van der Waals surface area (Å²) in [5.74, 6) is -0.987. The first-order valence-electron chi connectivity index (χ1n) is 12.5. The first-order valence-corrected chi connectivity index (χ1v) is 14.0. The predicted molar refractivity (Wildman–Crippen MR) is 145 cm³/mol. The van der Waals surface area contributed by atoms with Crippen molar-refractivity contribution < 1.29 is 27.6 Å². The van der Waals surface area contributed by atoms with Crippen LogP contribution in [0.3, 0.4) is 0 Å². The number of hydrogen-bond donors (Lipinski definition) is 4. The second-order valence-electron chi connectivity index (χ2n) is 9.58. The molecule has 0 saturated heterocycles. The van der Waals surface area contributed by atoms with Crippen molar-refractivity contribution in [3.05, 3.63) is 96.2 Å². The summed E-state index contributed by atoms with van der Waals surface area (Å²) in [6.45, 7) is 0.0645. The molecule has 2 aromatic heterocycles. The van der Waals surface area contributed by atoms with E-state index < -0.39 is 46.9 Å². The maximum atomic E-state index is 13.4. The molecule has 1 aliphatic carbocycles. The molecule has 4 aromatic rings. The minimum Gasteiger partial charge on any atom is -0.390 e. The molecule has 5 rings (SSSR count). The van der Waals surface area contributed by atoms with Crippen molar-refractivity contribution >= 4 is 21.9 Å². The Hall–Kier alpha value is -4.01. The topological polar surface area (TPSA) is 183 Å². The van der Waals surface area contributed by atoms with Crippen LogP contribution in [0.5, 0.6) is 0 Å². The van der Waals surface area contributed by atoms with E-state index in [1.54, 1.807) is 16.9 Å². The van der Waals surface area contributed by atoms with Gasteiger partial charge in [-0.05, 0) is 35.2 Å². The molecule has 13 heteroatoms. The molecule has 5 N–H and O–H groups in total. The second kappa shape index (κ2) is 11.6. The van der Waals surface area contributed by atoms with Gasteiger partial charge in [0.05, 0.1) is 30.9 Å². The zero-order chi connectivity index (χ0) is 28.3. The lowest BCUT2D eigenvalue weighted by atomic mass is 10.0. The fraction of sp³-hybridized carbons (Fsp3) is 0.259. The summed E-state index contributed by atoms with van der Waals surface area (Å²) in [6, 6.07) is 19.0. The van der Waals surface area contributed by atoms with E-state index in [2.05, 4.69) is 30.6 Å².